The second kappa shape index (κ2) is 4.42. The zero-order valence-electron chi connectivity index (χ0n) is 9.91. The monoisotopic (exact) mass is 210 g/mol. The van der Waals surface area contributed by atoms with Crippen molar-refractivity contribution in [3.8, 4) is 0 Å². The van der Waals surface area contributed by atoms with Crippen LogP contribution in [0.15, 0.2) is 0 Å². The van der Waals surface area contributed by atoms with Crippen LogP contribution >= 0.6 is 0 Å². The van der Waals surface area contributed by atoms with Crippen molar-refractivity contribution in [1.29, 1.82) is 0 Å². The van der Waals surface area contributed by atoms with Gasteiger partial charge in [0.15, 0.2) is 0 Å². The Bertz CT molecular complexity index is 232. The third-order valence-corrected chi connectivity index (χ3v) is 3.84. The van der Waals surface area contributed by atoms with Crippen LogP contribution in [0.5, 0.6) is 0 Å². The first-order valence-corrected chi connectivity index (χ1v) is 6.22. The maximum Gasteiger partial charge on any atom is 0.319 e. The molecule has 0 radical (unpaired) electrons. The lowest BCUT2D eigenvalue weighted by Gasteiger charge is -2.34. The molecule has 0 aromatic heterocycles. The lowest BCUT2D eigenvalue weighted by Crippen LogP contribution is -2.47. The largest absolute Gasteiger partial charge is 0.325 e. The van der Waals surface area contributed by atoms with Gasteiger partial charge in [-0.2, -0.15) is 0 Å². The number of carbonyl (C=O) groups is 1. The summed E-state index contributed by atoms with van der Waals surface area (Å²) in [5.41, 5.74) is 0. The zero-order valence-corrected chi connectivity index (χ0v) is 9.91. The first kappa shape index (κ1) is 10.8. The highest BCUT2D eigenvalue weighted by atomic mass is 16.2. The molecule has 0 N–H and O–H groups in total. The maximum absolute atomic E-state index is 12.1. The van der Waals surface area contributed by atoms with Gasteiger partial charge in [-0.25, -0.2) is 4.79 Å². The van der Waals surface area contributed by atoms with E-state index in [0.717, 1.165) is 19.0 Å². The van der Waals surface area contributed by atoms with Crippen LogP contribution in [0, 0.1) is 5.92 Å². The van der Waals surface area contributed by atoms with E-state index in [1.807, 2.05) is 16.8 Å². The molecule has 1 aliphatic carbocycles. The first-order chi connectivity index (χ1) is 7.20. The normalized spacial score (nSPS) is 23.7. The summed E-state index contributed by atoms with van der Waals surface area (Å²) in [6, 6.07) is 0.675. The standard InChI is InChI=1S/C12H22N2O/c1-10(11-6-7-11)13(2)12(15)14-8-4-3-5-9-14/h10-11H,3-9H2,1-2H3. The van der Waals surface area contributed by atoms with Gasteiger partial charge < -0.3 is 9.80 Å². The second-order valence-corrected chi connectivity index (χ2v) is 5.02. The minimum atomic E-state index is 0.245. The molecule has 1 aliphatic heterocycles. The Kier molecular flexibility index (Phi) is 3.17. The van der Waals surface area contributed by atoms with Crippen molar-refractivity contribution in [1.82, 2.24) is 9.80 Å². The van der Waals surface area contributed by atoms with Crippen LogP contribution < -0.4 is 0 Å². The van der Waals surface area contributed by atoms with Gasteiger partial charge in [0.2, 0.25) is 0 Å². The molecule has 15 heavy (non-hydrogen) atoms. The third-order valence-electron chi connectivity index (χ3n) is 3.84. The smallest absolute Gasteiger partial charge is 0.319 e. The van der Waals surface area contributed by atoms with Gasteiger partial charge in [-0.1, -0.05) is 0 Å². The molecule has 86 valence electrons. The van der Waals surface area contributed by atoms with Gasteiger partial charge in [-0.3, -0.25) is 0 Å². The van der Waals surface area contributed by atoms with Gasteiger partial charge in [0, 0.05) is 26.2 Å². The third kappa shape index (κ3) is 2.44. The molecule has 2 rings (SSSR count). The molecule has 1 saturated carbocycles. The van der Waals surface area contributed by atoms with Gasteiger partial charge in [0.05, 0.1) is 0 Å². The number of nitrogens with zero attached hydrogens (tertiary/aromatic N) is 2. The SMILES string of the molecule is CC(C1CC1)N(C)C(=O)N1CCCCC1. The molecule has 0 aromatic rings. The molecule has 2 aliphatic rings. The number of urea groups is 1. The van der Waals surface area contributed by atoms with Gasteiger partial charge in [-0.15, -0.1) is 0 Å². The number of likely N-dealkylation sites (tertiary alicyclic amines) is 1. The zero-order chi connectivity index (χ0) is 10.8. The Morgan fingerprint density at radius 3 is 2.40 bits per heavy atom. The predicted molar refractivity (Wildman–Crippen MR) is 60.8 cm³/mol. The van der Waals surface area contributed by atoms with Crippen LogP contribution in [0.25, 0.3) is 0 Å². The van der Waals surface area contributed by atoms with Gasteiger partial charge in [0.1, 0.15) is 0 Å². The van der Waals surface area contributed by atoms with E-state index in [-0.39, 0.29) is 6.03 Å². The molecule has 1 atom stereocenters. The number of carbonyl (C=O) groups excluding carboxylic acids is 1. The van der Waals surface area contributed by atoms with E-state index in [0.29, 0.717) is 6.04 Å². The molecule has 2 fully saturated rings. The van der Waals surface area contributed by atoms with E-state index in [9.17, 15) is 4.79 Å². The molecular weight excluding hydrogens is 188 g/mol. The highest BCUT2D eigenvalue weighted by Crippen LogP contribution is 2.35. The van der Waals surface area contributed by atoms with Crippen molar-refractivity contribution in [2.75, 3.05) is 20.1 Å². The Morgan fingerprint density at radius 2 is 1.87 bits per heavy atom. The molecule has 1 saturated heterocycles. The number of hydrogen-bond donors (Lipinski definition) is 0. The lowest BCUT2D eigenvalue weighted by molar-refractivity contribution is 0.136. The molecule has 0 bridgehead atoms. The van der Waals surface area contributed by atoms with E-state index in [1.54, 1.807) is 0 Å². The molecule has 2 amide bonds. The van der Waals surface area contributed by atoms with Crippen molar-refractivity contribution in [3.05, 3.63) is 0 Å². The molecule has 3 nitrogen and oxygen atoms in total. The highest BCUT2D eigenvalue weighted by Gasteiger charge is 2.33. The molecule has 0 aromatic carbocycles. The molecule has 0 spiro atoms. The molecular formula is C12H22N2O. The van der Waals surface area contributed by atoms with E-state index in [1.165, 1.54) is 32.1 Å². The van der Waals surface area contributed by atoms with Crippen molar-refractivity contribution in [2.45, 2.75) is 45.1 Å². The summed E-state index contributed by atoms with van der Waals surface area (Å²) in [4.78, 5) is 16.1. The fourth-order valence-corrected chi connectivity index (χ4v) is 2.38. The Balaban J connectivity index is 1.87. The average molecular weight is 210 g/mol. The Labute approximate surface area is 92.4 Å². The Morgan fingerprint density at radius 1 is 1.27 bits per heavy atom. The number of hydrogen-bond acceptors (Lipinski definition) is 1. The van der Waals surface area contributed by atoms with Crippen molar-refractivity contribution in [2.24, 2.45) is 5.92 Å². The second-order valence-electron chi connectivity index (χ2n) is 5.02. The van der Waals surface area contributed by atoms with Crippen LogP contribution in [0.4, 0.5) is 4.79 Å². The van der Waals surface area contributed by atoms with Crippen LogP contribution in [0.1, 0.15) is 39.0 Å². The molecule has 1 heterocycles. The lowest BCUT2D eigenvalue weighted by atomic mass is 10.1. The van der Waals surface area contributed by atoms with Crippen molar-refractivity contribution >= 4 is 6.03 Å². The number of rotatable bonds is 2. The van der Waals surface area contributed by atoms with E-state index in [2.05, 4.69) is 6.92 Å². The van der Waals surface area contributed by atoms with E-state index < -0.39 is 0 Å². The summed E-state index contributed by atoms with van der Waals surface area (Å²) >= 11 is 0. The number of piperidine rings is 1. The highest BCUT2D eigenvalue weighted by molar-refractivity contribution is 5.74. The summed E-state index contributed by atoms with van der Waals surface area (Å²) in [5, 5.41) is 0. The fourth-order valence-electron chi connectivity index (χ4n) is 2.38. The van der Waals surface area contributed by atoms with Crippen LogP contribution in [0.2, 0.25) is 0 Å². The summed E-state index contributed by atoms with van der Waals surface area (Å²) in [5.74, 6) is 0.767. The minimum Gasteiger partial charge on any atom is -0.325 e. The van der Waals surface area contributed by atoms with Gasteiger partial charge >= 0.3 is 6.03 Å². The summed E-state index contributed by atoms with van der Waals surface area (Å²) in [7, 11) is 1.96. The van der Waals surface area contributed by atoms with E-state index in [4.69, 9.17) is 0 Å². The van der Waals surface area contributed by atoms with Crippen molar-refractivity contribution < 1.29 is 4.79 Å². The molecule has 1 unspecified atom stereocenters. The number of amides is 2. The van der Waals surface area contributed by atoms with Crippen LogP contribution in [-0.2, 0) is 0 Å². The first-order valence-electron chi connectivity index (χ1n) is 6.22. The van der Waals surface area contributed by atoms with Crippen LogP contribution in [-0.4, -0.2) is 42.0 Å². The van der Waals surface area contributed by atoms with Gasteiger partial charge in [-0.05, 0) is 44.9 Å². The van der Waals surface area contributed by atoms with Crippen molar-refractivity contribution in [3.63, 3.8) is 0 Å². The summed E-state index contributed by atoms with van der Waals surface area (Å²) < 4.78 is 0. The quantitative estimate of drug-likeness (QED) is 0.686. The summed E-state index contributed by atoms with van der Waals surface area (Å²) in [6.07, 6.45) is 6.25. The van der Waals surface area contributed by atoms with Crippen LogP contribution in [0.3, 0.4) is 0 Å². The van der Waals surface area contributed by atoms with E-state index >= 15 is 0 Å². The topological polar surface area (TPSA) is 23.6 Å². The molecule has 3 heteroatoms. The summed E-state index contributed by atoms with van der Waals surface area (Å²) in [6.45, 7) is 4.10. The predicted octanol–water partition coefficient (Wildman–Crippen LogP) is 2.32. The average Bonchev–Trinajstić information content (AvgIpc) is 3.11. The minimum absolute atomic E-state index is 0.245. The maximum atomic E-state index is 12.1. The Hall–Kier alpha value is -0.730. The fraction of sp³-hybridized carbons (Fsp3) is 0.917. The van der Waals surface area contributed by atoms with Gasteiger partial charge in [0.25, 0.3) is 0 Å².